The molecule has 2 N–H and O–H groups in total. The van der Waals surface area contributed by atoms with Gasteiger partial charge in [-0.2, -0.15) is 5.26 Å². The third-order valence-corrected chi connectivity index (χ3v) is 4.52. The number of aliphatic hydroxyl groups is 1. The summed E-state index contributed by atoms with van der Waals surface area (Å²) in [5, 5.41) is 16.5. The molecule has 6 heteroatoms. The molecule has 3 unspecified atom stereocenters. The quantitative estimate of drug-likeness (QED) is 0.712. The summed E-state index contributed by atoms with van der Waals surface area (Å²) in [6, 6.07) is 1.49. The molecule has 1 fully saturated rings. The second-order valence-corrected chi connectivity index (χ2v) is 5.95. The van der Waals surface area contributed by atoms with Gasteiger partial charge in [-0.05, 0) is 25.7 Å². The van der Waals surface area contributed by atoms with Gasteiger partial charge in [0.2, 0.25) is 10.0 Å². The van der Waals surface area contributed by atoms with E-state index < -0.39 is 15.3 Å². The van der Waals surface area contributed by atoms with E-state index in [9.17, 15) is 8.42 Å². The zero-order valence-corrected chi connectivity index (χ0v) is 9.50. The molecule has 0 saturated heterocycles. The zero-order valence-electron chi connectivity index (χ0n) is 8.68. The topological polar surface area (TPSA) is 90.2 Å². The number of hydrogen-bond donors (Lipinski definition) is 2. The number of nitriles is 1. The van der Waals surface area contributed by atoms with Gasteiger partial charge in [0, 0.05) is 12.6 Å². The number of sulfonamides is 1. The van der Waals surface area contributed by atoms with Crippen LogP contribution in [-0.2, 0) is 10.0 Å². The van der Waals surface area contributed by atoms with Gasteiger partial charge in [0.15, 0.2) is 5.25 Å². The maximum absolute atomic E-state index is 11.6. The molecule has 0 bridgehead atoms. The van der Waals surface area contributed by atoms with E-state index >= 15 is 0 Å². The van der Waals surface area contributed by atoms with Crippen molar-refractivity contribution in [2.45, 2.75) is 37.5 Å². The molecule has 3 atom stereocenters. The van der Waals surface area contributed by atoms with Gasteiger partial charge in [0.1, 0.15) is 0 Å². The predicted molar refractivity (Wildman–Crippen MR) is 55.3 cm³/mol. The van der Waals surface area contributed by atoms with Crippen LogP contribution >= 0.6 is 0 Å². The van der Waals surface area contributed by atoms with Crippen LogP contribution in [0.1, 0.15) is 26.2 Å². The monoisotopic (exact) mass is 232 g/mol. The van der Waals surface area contributed by atoms with Crippen molar-refractivity contribution < 1.29 is 13.5 Å². The van der Waals surface area contributed by atoms with E-state index in [2.05, 4.69) is 4.72 Å². The molecule has 0 spiro atoms. The number of nitrogens with one attached hydrogen (secondary N) is 1. The predicted octanol–water partition coefficient (Wildman–Crippen LogP) is -0.0211. The van der Waals surface area contributed by atoms with Gasteiger partial charge in [-0.3, -0.25) is 0 Å². The summed E-state index contributed by atoms with van der Waals surface area (Å²) in [7, 11) is -3.56. The fourth-order valence-electron chi connectivity index (χ4n) is 1.79. The van der Waals surface area contributed by atoms with E-state index in [-0.39, 0.29) is 18.6 Å². The Morgan fingerprint density at radius 2 is 2.27 bits per heavy atom. The summed E-state index contributed by atoms with van der Waals surface area (Å²) in [4.78, 5) is 0. The van der Waals surface area contributed by atoms with Crippen LogP contribution in [0.2, 0.25) is 0 Å². The molecular weight excluding hydrogens is 216 g/mol. The van der Waals surface area contributed by atoms with Crippen molar-refractivity contribution in [2.75, 3.05) is 6.61 Å². The van der Waals surface area contributed by atoms with Crippen molar-refractivity contribution in [3.63, 3.8) is 0 Å². The van der Waals surface area contributed by atoms with Crippen LogP contribution in [0.5, 0.6) is 0 Å². The second kappa shape index (κ2) is 4.92. The van der Waals surface area contributed by atoms with Crippen LogP contribution in [0, 0.1) is 17.2 Å². The van der Waals surface area contributed by atoms with Gasteiger partial charge in [0.05, 0.1) is 6.07 Å². The van der Waals surface area contributed by atoms with Crippen LogP contribution in [-0.4, -0.2) is 31.4 Å². The highest BCUT2D eigenvalue weighted by Crippen LogP contribution is 2.25. The second-order valence-electron chi connectivity index (χ2n) is 3.91. The van der Waals surface area contributed by atoms with E-state index in [1.54, 1.807) is 6.07 Å². The van der Waals surface area contributed by atoms with Crippen molar-refractivity contribution in [1.82, 2.24) is 4.72 Å². The lowest BCUT2D eigenvalue weighted by Gasteiger charge is -2.19. The summed E-state index contributed by atoms with van der Waals surface area (Å²) < 4.78 is 25.6. The molecule has 0 aromatic heterocycles. The van der Waals surface area contributed by atoms with Crippen molar-refractivity contribution >= 4 is 10.0 Å². The normalized spacial score (nSPS) is 28.6. The fraction of sp³-hybridized carbons (Fsp3) is 0.889. The first kappa shape index (κ1) is 12.4. The molecule has 0 heterocycles. The fourth-order valence-corrected chi connectivity index (χ4v) is 2.87. The summed E-state index contributed by atoms with van der Waals surface area (Å²) in [5.74, 6) is -0.00864. The van der Waals surface area contributed by atoms with Crippen LogP contribution in [0.25, 0.3) is 0 Å². The molecule has 0 aromatic rings. The summed E-state index contributed by atoms with van der Waals surface area (Å²) in [6.45, 7) is 1.35. The first-order valence-electron chi connectivity index (χ1n) is 5.03. The van der Waals surface area contributed by atoms with Crippen LogP contribution in [0.15, 0.2) is 0 Å². The molecule has 0 amide bonds. The van der Waals surface area contributed by atoms with Gasteiger partial charge < -0.3 is 5.11 Å². The van der Waals surface area contributed by atoms with Gasteiger partial charge in [-0.1, -0.05) is 6.42 Å². The molecule has 15 heavy (non-hydrogen) atoms. The first-order valence-corrected chi connectivity index (χ1v) is 6.57. The van der Waals surface area contributed by atoms with E-state index in [1.165, 1.54) is 6.92 Å². The highest BCUT2D eigenvalue weighted by molar-refractivity contribution is 7.90. The van der Waals surface area contributed by atoms with Crippen molar-refractivity contribution in [1.29, 1.82) is 5.26 Å². The van der Waals surface area contributed by atoms with Gasteiger partial charge >= 0.3 is 0 Å². The van der Waals surface area contributed by atoms with Crippen LogP contribution < -0.4 is 4.72 Å². The third-order valence-electron chi connectivity index (χ3n) is 2.86. The number of aliphatic hydroxyl groups excluding tert-OH is 1. The Balaban J connectivity index is 2.66. The minimum Gasteiger partial charge on any atom is -0.396 e. The smallest absolute Gasteiger partial charge is 0.227 e. The zero-order chi connectivity index (χ0) is 11.5. The molecule has 5 nitrogen and oxygen atoms in total. The standard InChI is InChI=1S/C9H16N2O3S/c1-7(5-10)15(13,14)11-9-4-2-3-8(9)6-12/h7-9,11-12H,2-4,6H2,1H3. The molecule has 1 saturated carbocycles. The minimum atomic E-state index is -3.56. The maximum atomic E-state index is 11.6. The number of hydrogen-bond acceptors (Lipinski definition) is 4. The Morgan fingerprint density at radius 3 is 2.80 bits per heavy atom. The number of nitrogens with zero attached hydrogens (tertiary/aromatic N) is 1. The third kappa shape index (κ3) is 2.91. The largest absolute Gasteiger partial charge is 0.396 e. The summed E-state index contributed by atoms with van der Waals surface area (Å²) >= 11 is 0. The highest BCUT2D eigenvalue weighted by Gasteiger charge is 2.32. The lowest BCUT2D eigenvalue weighted by Crippen LogP contribution is -2.42. The highest BCUT2D eigenvalue weighted by atomic mass is 32.2. The Bertz CT molecular complexity index is 347. The Labute approximate surface area is 90.2 Å². The SMILES string of the molecule is CC(C#N)S(=O)(=O)NC1CCCC1CO. The Morgan fingerprint density at radius 1 is 1.60 bits per heavy atom. The molecule has 1 aliphatic rings. The van der Waals surface area contributed by atoms with E-state index in [1.807, 2.05) is 0 Å². The summed E-state index contributed by atoms with van der Waals surface area (Å²) in [6.07, 6.45) is 2.49. The van der Waals surface area contributed by atoms with Gasteiger partial charge in [0.25, 0.3) is 0 Å². The Kier molecular flexibility index (Phi) is 4.08. The average Bonchev–Trinajstić information content (AvgIpc) is 2.63. The molecule has 0 aliphatic heterocycles. The van der Waals surface area contributed by atoms with Crippen molar-refractivity contribution in [2.24, 2.45) is 5.92 Å². The molecule has 86 valence electrons. The average molecular weight is 232 g/mol. The maximum Gasteiger partial charge on any atom is 0.227 e. The van der Waals surface area contributed by atoms with Crippen molar-refractivity contribution in [3.05, 3.63) is 0 Å². The van der Waals surface area contributed by atoms with E-state index in [4.69, 9.17) is 10.4 Å². The summed E-state index contributed by atoms with van der Waals surface area (Å²) in [5.41, 5.74) is 0. The minimum absolute atomic E-state index is 0.00583. The number of rotatable bonds is 4. The molecular formula is C9H16N2O3S. The molecule has 0 radical (unpaired) electrons. The van der Waals surface area contributed by atoms with E-state index in [0.717, 1.165) is 19.3 Å². The molecule has 0 aromatic carbocycles. The Hall–Kier alpha value is -0.640. The lowest BCUT2D eigenvalue weighted by molar-refractivity contribution is 0.213. The van der Waals surface area contributed by atoms with Crippen molar-refractivity contribution in [3.8, 4) is 6.07 Å². The molecule has 1 rings (SSSR count). The van der Waals surface area contributed by atoms with Gasteiger partial charge in [-0.15, -0.1) is 0 Å². The lowest BCUT2D eigenvalue weighted by atomic mass is 10.1. The van der Waals surface area contributed by atoms with Crippen LogP contribution in [0.4, 0.5) is 0 Å². The molecule has 1 aliphatic carbocycles. The van der Waals surface area contributed by atoms with Gasteiger partial charge in [-0.25, -0.2) is 13.1 Å². The van der Waals surface area contributed by atoms with Crippen LogP contribution in [0.3, 0.4) is 0 Å². The van der Waals surface area contributed by atoms with E-state index in [0.29, 0.717) is 0 Å². The first-order chi connectivity index (χ1) is 7.01.